The van der Waals surface area contributed by atoms with Gasteiger partial charge in [-0.3, -0.25) is 4.98 Å². The zero-order valence-electron chi connectivity index (χ0n) is 16.1. The van der Waals surface area contributed by atoms with Crippen molar-refractivity contribution in [1.82, 2.24) is 15.2 Å². The second-order valence-corrected chi connectivity index (χ2v) is 6.80. The summed E-state index contributed by atoms with van der Waals surface area (Å²) in [6.07, 6.45) is 4.48. The Morgan fingerprint density at radius 1 is 0.821 bits per heavy atom. The fraction of sp³-hybridized carbons (Fsp3) is 0.250. The van der Waals surface area contributed by atoms with Crippen molar-refractivity contribution in [2.75, 3.05) is 13.1 Å². The molecular formula is C24H27N3O. The molecule has 3 aromatic rings. The van der Waals surface area contributed by atoms with E-state index in [2.05, 4.69) is 34.6 Å². The first-order valence-electron chi connectivity index (χ1n) is 9.82. The number of hydrogen-bond acceptors (Lipinski definition) is 2. The van der Waals surface area contributed by atoms with E-state index in [0.29, 0.717) is 19.6 Å². The van der Waals surface area contributed by atoms with Crippen LogP contribution in [0.25, 0.3) is 0 Å². The Kier molecular flexibility index (Phi) is 7.62. The fourth-order valence-electron chi connectivity index (χ4n) is 3.09. The van der Waals surface area contributed by atoms with Crippen molar-refractivity contribution < 1.29 is 4.79 Å². The molecule has 0 saturated heterocycles. The van der Waals surface area contributed by atoms with Crippen LogP contribution in [0, 0.1) is 0 Å². The Hall–Kier alpha value is -3.14. The number of nitrogens with zero attached hydrogens (tertiary/aromatic N) is 2. The standard InChI is InChI=1S/C24H27N3O/c28-24(26-18-9-14-21-10-3-1-4-11-21)27(20-23-15-7-8-17-25-23)19-16-22-12-5-2-6-13-22/h1-8,10-13,15,17H,9,14,16,18-20H2,(H,26,28). The number of nitrogens with one attached hydrogen (secondary N) is 1. The number of rotatable bonds is 9. The predicted molar refractivity (Wildman–Crippen MR) is 113 cm³/mol. The van der Waals surface area contributed by atoms with E-state index in [1.807, 2.05) is 59.5 Å². The number of carbonyl (C=O) groups excluding carboxylic acids is 1. The summed E-state index contributed by atoms with van der Waals surface area (Å²) in [6, 6.07) is 26.4. The van der Waals surface area contributed by atoms with Gasteiger partial charge in [0.1, 0.15) is 0 Å². The second-order valence-electron chi connectivity index (χ2n) is 6.80. The summed E-state index contributed by atoms with van der Waals surface area (Å²) >= 11 is 0. The van der Waals surface area contributed by atoms with Crippen molar-refractivity contribution >= 4 is 6.03 Å². The van der Waals surface area contributed by atoms with Crippen molar-refractivity contribution in [2.45, 2.75) is 25.8 Å². The van der Waals surface area contributed by atoms with Crippen LogP contribution in [0.1, 0.15) is 23.2 Å². The third-order valence-electron chi connectivity index (χ3n) is 4.64. The molecule has 0 radical (unpaired) electrons. The number of urea groups is 1. The van der Waals surface area contributed by atoms with Gasteiger partial charge in [-0.15, -0.1) is 0 Å². The Balaban J connectivity index is 1.52. The normalized spacial score (nSPS) is 10.4. The lowest BCUT2D eigenvalue weighted by molar-refractivity contribution is 0.195. The van der Waals surface area contributed by atoms with E-state index < -0.39 is 0 Å². The van der Waals surface area contributed by atoms with Crippen LogP contribution in [0.15, 0.2) is 85.1 Å². The van der Waals surface area contributed by atoms with Crippen LogP contribution in [0.4, 0.5) is 4.79 Å². The number of benzene rings is 2. The topological polar surface area (TPSA) is 45.2 Å². The Morgan fingerprint density at radius 3 is 2.11 bits per heavy atom. The van der Waals surface area contributed by atoms with E-state index in [0.717, 1.165) is 25.0 Å². The molecule has 4 heteroatoms. The molecule has 0 aliphatic heterocycles. The molecule has 0 spiro atoms. The molecule has 2 amide bonds. The third-order valence-corrected chi connectivity index (χ3v) is 4.64. The highest BCUT2D eigenvalue weighted by Gasteiger charge is 2.14. The van der Waals surface area contributed by atoms with Crippen LogP contribution in [-0.2, 0) is 19.4 Å². The first kappa shape index (κ1) is 19.6. The lowest BCUT2D eigenvalue weighted by Gasteiger charge is -2.23. The van der Waals surface area contributed by atoms with Gasteiger partial charge < -0.3 is 10.2 Å². The van der Waals surface area contributed by atoms with Crippen LogP contribution < -0.4 is 5.32 Å². The molecule has 0 bridgehead atoms. The second kappa shape index (κ2) is 10.9. The zero-order chi connectivity index (χ0) is 19.4. The first-order chi connectivity index (χ1) is 13.8. The van der Waals surface area contributed by atoms with Gasteiger partial charge in [0, 0.05) is 19.3 Å². The SMILES string of the molecule is O=C(NCCCc1ccccc1)N(CCc1ccccc1)Cc1ccccn1. The largest absolute Gasteiger partial charge is 0.338 e. The van der Waals surface area contributed by atoms with Gasteiger partial charge in [-0.05, 0) is 42.5 Å². The van der Waals surface area contributed by atoms with Crippen molar-refractivity contribution in [1.29, 1.82) is 0 Å². The molecule has 144 valence electrons. The molecule has 1 N–H and O–H groups in total. The van der Waals surface area contributed by atoms with E-state index in [1.54, 1.807) is 6.20 Å². The Labute approximate surface area is 167 Å². The van der Waals surface area contributed by atoms with E-state index in [9.17, 15) is 4.79 Å². The number of carbonyl (C=O) groups is 1. The molecule has 28 heavy (non-hydrogen) atoms. The quantitative estimate of drug-likeness (QED) is 0.563. The third kappa shape index (κ3) is 6.54. The van der Waals surface area contributed by atoms with Crippen molar-refractivity contribution in [3.63, 3.8) is 0 Å². The molecule has 1 heterocycles. The summed E-state index contributed by atoms with van der Waals surface area (Å²) in [5, 5.41) is 3.07. The molecule has 0 saturated carbocycles. The van der Waals surface area contributed by atoms with Crippen LogP contribution in [-0.4, -0.2) is 29.0 Å². The van der Waals surface area contributed by atoms with E-state index in [1.165, 1.54) is 11.1 Å². The molecule has 0 aliphatic rings. The summed E-state index contributed by atoms with van der Waals surface area (Å²) in [4.78, 5) is 19.0. The average molecular weight is 374 g/mol. The minimum Gasteiger partial charge on any atom is -0.338 e. The van der Waals surface area contributed by atoms with Gasteiger partial charge in [0.25, 0.3) is 0 Å². The fourth-order valence-corrected chi connectivity index (χ4v) is 3.09. The maximum absolute atomic E-state index is 12.8. The first-order valence-corrected chi connectivity index (χ1v) is 9.82. The average Bonchev–Trinajstić information content (AvgIpc) is 2.76. The van der Waals surface area contributed by atoms with Gasteiger partial charge in [0.05, 0.1) is 12.2 Å². The summed E-state index contributed by atoms with van der Waals surface area (Å²) in [7, 11) is 0. The summed E-state index contributed by atoms with van der Waals surface area (Å²) in [5.74, 6) is 0. The molecule has 2 aromatic carbocycles. The molecular weight excluding hydrogens is 346 g/mol. The molecule has 0 aliphatic carbocycles. The number of amides is 2. The summed E-state index contributed by atoms with van der Waals surface area (Å²) < 4.78 is 0. The van der Waals surface area contributed by atoms with Crippen LogP contribution >= 0.6 is 0 Å². The van der Waals surface area contributed by atoms with Crippen LogP contribution in [0.5, 0.6) is 0 Å². The van der Waals surface area contributed by atoms with Crippen LogP contribution in [0.3, 0.4) is 0 Å². The molecule has 0 unspecified atom stereocenters. The number of aromatic nitrogens is 1. The van der Waals surface area contributed by atoms with E-state index in [-0.39, 0.29) is 6.03 Å². The molecule has 1 aromatic heterocycles. The minimum atomic E-state index is -0.0327. The van der Waals surface area contributed by atoms with Gasteiger partial charge in [-0.25, -0.2) is 4.79 Å². The molecule has 0 fully saturated rings. The number of aryl methyl sites for hydroxylation is 1. The van der Waals surface area contributed by atoms with Gasteiger partial charge >= 0.3 is 6.03 Å². The Bertz CT molecular complexity index is 822. The monoisotopic (exact) mass is 373 g/mol. The highest BCUT2D eigenvalue weighted by Crippen LogP contribution is 2.07. The maximum Gasteiger partial charge on any atom is 0.317 e. The molecule has 0 atom stereocenters. The van der Waals surface area contributed by atoms with Crippen LogP contribution in [0.2, 0.25) is 0 Å². The predicted octanol–water partition coefficient (Wildman–Crippen LogP) is 4.47. The number of pyridine rings is 1. The summed E-state index contributed by atoms with van der Waals surface area (Å²) in [6.45, 7) is 1.83. The van der Waals surface area contributed by atoms with Crippen molar-refractivity contribution in [3.05, 3.63) is 102 Å². The molecule has 3 rings (SSSR count). The van der Waals surface area contributed by atoms with E-state index >= 15 is 0 Å². The van der Waals surface area contributed by atoms with Crippen molar-refractivity contribution in [2.24, 2.45) is 0 Å². The smallest absolute Gasteiger partial charge is 0.317 e. The highest BCUT2D eigenvalue weighted by atomic mass is 16.2. The Morgan fingerprint density at radius 2 is 1.46 bits per heavy atom. The van der Waals surface area contributed by atoms with Gasteiger partial charge in [-0.1, -0.05) is 66.7 Å². The lowest BCUT2D eigenvalue weighted by atomic mass is 10.1. The highest BCUT2D eigenvalue weighted by molar-refractivity contribution is 5.74. The van der Waals surface area contributed by atoms with Gasteiger partial charge in [-0.2, -0.15) is 0 Å². The zero-order valence-corrected chi connectivity index (χ0v) is 16.1. The summed E-state index contributed by atoms with van der Waals surface area (Å²) in [5.41, 5.74) is 3.42. The lowest BCUT2D eigenvalue weighted by Crippen LogP contribution is -2.41. The van der Waals surface area contributed by atoms with E-state index in [4.69, 9.17) is 0 Å². The van der Waals surface area contributed by atoms with Crippen molar-refractivity contribution in [3.8, 4) is 0 Å². The maximum atomic E-state index is 12.8. The number of hydrogen-bond donors (Lipinski definition) is 1. The van der Waals surface area contributed by atoms with Gasteiger partial charge in [0.2, 0.25) is 0 Å². The minimum absolute atomic E-state index is 0.0327. The van der Waals surface area contributed by atoms with Gasteiger partial charge in [0.15, 0.2) is 0 Å². The molecule has 4 nitrogen and oxygen atoms in total.